The molecule has 0 aliphatic rings. The summed E-state index contributed by atoms with van der Waals surface area (Å²) in [6, 6.07) is 32.2. The van der Waals surface area contributed by atoms with E-state index in [1.165, 1.54) is 20.5 Å². The molecule has 0 fully saturated rings. The molecule has 42 heavy (non-hydrogen) atoms. The van der Waals surface area contributed by atoms with E-state index in [-0.39, 0.29) is 20.1 Å². The molecule has 0 aliphatic heterocycles. The number of rotatable bonds is 3. The molecule has 0 atom stereocenters. The van der Waals surface area contributed by atoms with Crippen LogP contribution in [0.1, 0.15) is 39.5 Å². The maximum absolute atomic E-state index is 8.63. The molecular weight excluding hydrogens is 713 g/mol. The van der Waals surface area contributed by atoms with Crippen molar-refractivity contribution in [1.82, 2.24) is 9.97 Å². The Morgan fingerprint density at radius 1 is 0.881 bits per heavy atom. The molecule has 4 heterocycles. The van der Waals surface area contributed by atoms with Crippen LogP contribution in [0, 0.1) is 31.4 Å². The van der Waals surface area contributed by atoms with Crippen molar-refractivity contribution in [3.8, 4) is 22.5 Å². The molecule has 4 aromatic heterocycles. The Morgan fingerprint density at radius 3 is 2.48 bits per heavy atom. The van der Waals surface area contributed by atoms with Gasteiger partial charge >= 0.3 is 0 Å². The largest absolute Gasteiger partial charge is 0.501 e. The van der Waals surface area contributed by atoms with Crippen molar-refractivity contribution in [3.05, 3.63) is 119 Å². The van der Waals surface area contributed by atoms with Gasteiger partial charge in [-0.05, 0) is 66.9 Å². The molecule has 7 aromatic rings. The average Bonchev–Trinajstić information content (AvgIpc) is 3.57. The number of aryl methyl sites for hydroxylation is 2. The molecule has 0 saturated carbocycles. The van der Waals surface area contributed by atoms with E-state index in [2.05, 4.69) is 47.2 Å². The molecule has 0 spiro atoms. The topological polar surface area (TPSA) is 38.9 Å². The zero-order valence-electron chi connectivity index (χ0n) is 26.2. The number of benzene rings is 3. The number of furan rings is 1. The van der Waals surface area contributed by atoms with Crippen molar-refractivity contribution in [3.63, 3.8) is 0 Å². The van der Waals surface area contributed by atoms with Gasteiger partial charge in [0.15, 0.2) is 0 Å². The Balaban J connectivity index is 0.000000230. The second-order valence-electron chi connectivity index (χ2n) is 11.2. The van der Waals surface area contributed by atoms with Gasteiger partial charge in [-0.15, -0.1) is 65.4 Å². The van der Waals surface area contributed by atoms with Crippen LogP contribution in [0.2, 0.25) is 0 Å². The summed E-state index contributed by atoms with van der Waals surface area (Å²) < 4.78 is 24.8. The van der Waals surface area contributed by atoms with Gasteiger partial charge in [0.25, 0.3) is 0 Å². The van der Waals surface area contributed by atoms with Gasteiger partial charge in [0.1, 0.15) is 5.58 Å². The molecule has 3 aromatic carbocycles. The van der Waals surface area contributed by atoms with Gasteiger partial charge in [0.05, 0.1) is 5.58 Å². The van der Waals surface area contributed by atoms with Crippen LogP contribution in [0.4, 0.5) is 0 Å². The van der Waals surface area contributed by atoms with Gasteiger partial charge < -0.3 is 14.4 Å². The number of thiophene rings is 1. The van der Waals surface area contributed by atoms with E-state index in [4.69, 9.17) is 7.16 Å². The first-order valence-electron chi connectivity index (χ1n) is 14.7. The van der Waals surface area contributed by atoms with E-state index in [0.717, 1.165) is 38.8 Å². The number of hydrogen-bond donors (Lipinski definition) is 0. The predicted octanol–water partition coefficient (Wildman–Crippen LogP) is 10.4. The summed E-state index contributed by atoms with van der Waals surface area (Å²) in [6.07, 6.45) is 2.05. The normalized spacial score (nSPS) is 12.4. The van der Waals surface area contributed by atoms with Crippen LogP contribution in [0.25, 0.3) is 54.5 Å². The van der Waals surface area contributed by atoms with Gasteiger partial charge in [-0.3, -0.25) is 0 Å². The third-order valence-corrected chi connectivity index (χ3v) is 7.66. The smallest absolute Gasteiger partial charge is 0.121 e. The second kappa shape index (κ2) is 12.3. The number of fused-ring (bicyclic) bond motifs is 5. The first kappa shape index (κ1) is 27.2. The Labute approximate surface area is 267 Å². The molecular formula is C37H32IrN2OS-2. The summed E-state index contributed by atoms with van der Waals surface area (Å²) in [5.41, 5.74) is 6.29. The molecule has 3 nitrogen and oxygen atoms in total. The third-order valence-electron chi connectivity index (χ3n) is 6.65. The molecule has 7 rings (SSSR count). The van der Waals surface area contributed by atoms with Crippen LogP contribution in [0.5, 0.6) is 0 Å². The fourth-order valence-electron chi connectivity index (χ4n) is 4.93. The molecule has 213 valence electrons. The summed E-state index contributed by atoms with van der Waals surface area (Å²) in [6.45, 7) is 9.88. The van der Waals surface area contributed by atoms with Crippen molar-refractivity contribution in [2.75, 3.05) is 0 Å². The van der Waals surface area contributed by atoms with Crippen molar-refractivity contribution in [1.29, 1.82) is 0 Å². The number of nitrogens with zero attached hydrogens (tertiary/aromatic N) is 2. The van der Waals surface area contributed by atoms with Gasteiger partial charge in [-0.2, -0.15) is 0 Å². The van der Waals surface area contributed by atoms with Gasteiger partial charge in [0, 0.05) is 55.6 Å². The van der Waals surface area contributed by atoms with Crippen LogP contribution in [0.15, 0.2) is 95.7 Å². The summed E-state index contributed by atoms with van der Waals surface area (Å²) in [7, 11) is 0. The molecule has 0 N–H and O–H groups in total. The monoisotopic (exact) mass is 747 g/mol. The zero-order valence-corrected chi connectivity index (χ0v) is 27.4. The second-order valence-corrected chi connectivity index (χ2v) is 12.5. The van der Waals surface area contributed by atoms with Crippen molar-refractivity contribution >= 4 is 43.4 Å². The van der Waals surface area contributed by atoms with E-state index < -0.39 is 11.8 Å². The molecule has 5 heteroatoms. The quantitative estimate of drug-likeness (QED) is 0.169. The minimum absolute atomic E-state index is 0. The maximum Gasteiger partial charge on any atom is 0.121 e. The Kier molecular flexibility index (Phi) is 7.98. The fourth-order valence-corrected chi connectivity index (χ4v) is 5.86. The maximum atomic E-state index is 8.63. The summed E-state index contributed by atoms with van der Waals surface area (Å²) >= 11 is 1.78. The van der Waals surface area contributed by atoms with Crippen LogP contribution >= 0.6 is 11.3 Å². The van der Waals surface area contributed by atoms with Gasteiger partial charge in [0.2, 0.25) is 0 Å². The third kappa shape index (κ3) is 6.39. The Hall–Kier alpha value is -3.63. The number of aromatic nitrogens is 2. The van der Waals surface area contributed by atoms with Crippen LogP contribution < -0.4 is 0 Å². The standard InChI is InChI=1S/C25H22NOS.C12H10N.Ir/c1-15-12-19-22(28-15)9-8-21-23(19)18-7-5-6-17(24(18)27-21)20-13-16(10-11-26-20)14-25(2,3)4;1-10-7-8-12(13-9-10)11-5-3-2-4-6-11;/h5,7-13H,14H2,1-4H3;2-5,7-9H,1H3;/q2*-1;/i14D2;;. The van der Waals surface area contributed by atoms with E-state index in [1.54, 1.807) is 23.6 Å². The minimum Gasteiger partial charge on any atom is -0.501 e. The minimum atomic E-state index is -1.49. The average molecular weight is 747 g/mol. The van der Waals surface area contributed by atoms with Crippen LogP contribution in [0.3, 0.4) is 0 Å². The first-order valence-corrected chi connectivity index (χ1v) is 14.5. The van der Waals surface area contributed by atoms with E-state index in [9.17, 15) is 0 Å². The van der Waals surface area contributed by atoms with Crippen molar-refractivity contribution in [2.24, 2.45) is 5.41 Å². The Morgan fingerprint density at radius 2 is 1.74 bits per heavy atom. The first-order chi connectivity index (χ1) is 20.5. The van der Waals surface area contributed by atoms with Crippen LogP contribution in [-0.2, 0) is 26.5 Å². The molecule has 0 bridgehead atoms. The molecule has 0 unspecified atom stereocenters. The fraction of sp³-hybridized carbons (Fsp3) is 0.189. The number of pyridine rings is 2. The van der Waals surface area contributed by atoms with E-state index >= 15 is 0 Å². The van der Waals surface area contributed by atoms with E-state index in [1.807, 2.05) is 88.5 Å². The summed E-state index contributed by atoms with van der Waals surface area (Å²) in [4.78, 5) is 10.1. The molecule has 1 radical (unpaired) electrons. The predicted molar refractivity (Wildman–Crippen MR) is 172 cm³/mol. The molecule has 0 saturated heterocycles. The zero-order chi connectivity index (χ0) is 30.4. The molecule has 0 amide bonds. The SMILES string of the molecule is Cc1ccc(-c2[c-]cccc2)nc1.[2H]C([2H])(c1ccnc(-c2[c-]ccc3c2oc2ccc4sc(C)cc4c23)c1)C(C)(C)C.[Ir]. The number of hydrogen-bond acceptors (Lipinski definition) is 4. The van der Waals surface area contributed by atoms with Gasteiger partial charge in [-0.25, -0.2) is 0 Å². The van der Waals surface area contributed by atoms with Crippen molar-refractivity contribution < 1.29 is 27.3 Å². The summed E-state index contributed by atoms with van der Waals surface area (Å²) in [5, 5.41) is 3.35. The van der Waals surface area contributed by atoms with Gasteiger partial charge in [-0.1, -0.05) is 55.5 Å². The van der Waals surface area contributed by atoms with E-state index in [0.29, 0.717) is 11.3 Å². The molecule has 0 aliphatic carbocycles. The van der Waals surface area contributed by atoms with Crippen molar-refractivity contribution in [2.45, 2.75) is 41.0 Å². The van der Waals surface area contributed by atoms with Crippen LogP contribution in [-0.4, -0.2) is 9.97 Å². The Bertz CT molecular complexity index is 2060. The summed E-state index contributed by atoms with van der Waals surface area (Å²) in [5.74, 6) is 0.